The lowest BCUT2D eigenvalue weighted by atomic mass is 10.1. The van der Waals surface area contributed by atoms with E-state index in [1.165, 1.54) is 12.4 Å². The van der Waals surface area contributed by atoms with E-state index in [2.05, 4.69) is 15.3 Å². The van der Waals surface area contributed by atoms with Crippen molar-refractivity contribution in [2.24, 2.45) is 0 Å². The molecule has 6 heteroatoms. The van der Waals surface area contributed by atoms with Gasteiger partial charge in [0, 0.05) is 25.5 Å². The van der Waals surface area contributed by atoms with Gasteiger partial charge in [0.15, 0.2) is 11.5 Å². The lowest BCUT2D eigenvalue weighted by Gasteiger charge is -2.25. The molecule has 1 rings (SSSR count). The Morgan fingerprint density at radius 2 is 2.12 bits per heavy atom. The Hall–Kier alpha value is -1.69. The van der Waals surface area contributed by atoms with Crippen molar-refractivity contribution in [2.45, 2.75) is 26.4 Å². The summed E-state index contributed by atoms with van der Waals surface area (Å²) in [6.07, 6.45) is 2.80. The number of carboxylic acids is 1. The first-order valence-corrected chi connectivity index (χ1v) is 5.38. The van der Waals surface area contributed by atoms with E-state index in [0.29, 0.717) is 13.2 Å². The van der Waals surface area contributed by atoms with Crippen LogP contribution in [0.2, 0.25) is 0 Å². The monoisotopic (exact) mass is 239 g/mol. The summed E-state index contributed by atoms with van der Waals surface area (Å²) in [5, 5.41) is 11.9. The SMILES string of the molecule is CCOC(C)(C)CNc1nccnc1C(=O)O. The Balaban J connectivity index is 2.72. The van der Waals surface area contributed by atoms with Gasteiger partial charge in [0.25, 0.3) is 0 Å². The highest BCUT2D eigenvalue weighted by Gasteiger charge is 2.19. The van der Waals surface area contributed by atoms with Crippen LogP contribution in [0.15, 0.2) is 12.4 Å². The van der Waals surface area contributed by atoms with Crippen molar-refractivity contribution in [3.8, 4) is 0 Å². The first-order chi connectivity index (χ1) is 7.96. The van der Waals surface area contributed by atoms with Crippen molar-refractivity contribution < 1.29 is 14.6 Å². The van der Waals surface area contributed by atoms with E-state index in [-0.39, 0.29) is 17.1 Å². The third-order valence-electron chi connectivity index (χ3n) is 2.12. The molecule has 94 valence electrons. The summed E-state index contributed by atoms with van der Waals surface area (Å²) >= 11 is 0. The van der Waals surface area contributed by atoms with Gasteiger partial charge in [-0.05, 0) is 20.8 Å². The molecule has 0 bridgehead atoms. The molecule has 0 aliphatic heterocycles. The lowest BCUT2D eigenvalue weighted by molar-refractivity contribution is 0.000594. The van der Waals surface area contributed by atoms with Crippen LogP contribution in [0, 0.1) is 0 Å². The predicted molar refractivity (Wildman–Crippen MR) is 63.2 cm³/mol. The number of anilines is 1. The number of nitrogens with one attached hydrogen (secondary N) is 1. The Kier molecular flexibility index (Phi) is 4.39. The first kappa shape index (κ1) is 13.4. The van der Waals surface area contributed by atoms with Crippen LogP contribution in [0.3, 0.4) is 0 Å². The number of aromatic carboxylic acids is 1. The number of nitrogens with zero attached hydrogens (tertiary/aromatic N) is 2. The van der Waals surface area contributed by atoms with Gasteiger partial charge in [-0.15, -0.1) is 0 Å². The van der Waals surface area contributed by atoms with Gasteiger partial charge >= 0.3 is 5.97 Å². The molecule has 0 saturated heterocycles. The molecule has 0 fully saturated rings. The van der Waals surface area contributed by atoms with E-state index in [1.54, 1.807) is 0 Å². The third kappa shape index (κ3) is 3.99. The summed E-state index contributed by atoms with van der Waals surface area (Å²) in [5.74, 6) is -0.845. The highest BCUT2D eigenvalue weighted by Crippen LogP contribution is 2.13. The summed E-state index contributed by atoms with van der Waals surface area (Å²) in [5.41, 5.74) is -0.470. The Bertz CT molecular complexity index is 393. The van der Waals surface area contributed by atoms with Crippen molar-refractivity contribution in [1.82, 2.24) is 9.97 Å². The van der Waals surface area contributed by atoms with E-state index >= 15 is 0 Å². The van der Waals surface area contributed by atoms with E-state index in [9.17, 15) is 4.79 Å². The molecule has 1 heterocycles. The number of hydrogen-bond donors (Lipinski definition) is 2. The minimum atomic E-state index is -1.10. The molecule has 0 aliphatic rings. The first-order valence-electron chi connectivity index (χ1n) is 5.38. The highest BCUT2D eigenvalue weighted by atomic mass is 16.5. The number of hydrogen-bond acceptors (Lipinski definition) is 5. The second kappa shape index (κ2) is 5.58. The fraction of sp³-hybridized carbons (Fsp3) is 0.545. The topological polar surface area (TPSA) is 84.3 Å². The fourth-order valence-corrected chi connectivity index (χ4v) is 1.36. The van der Waals surface area contributed by atoms with Crippen molar-refractivity contribution in [2.75, 3.05) is 18.5 Å². The van der Waals surface area contributed by atoms with Gasteiger partial charge in [0.2, 0.25) is 0 Å². The number of carbonyl (C=O) groups is 1. The van der Waals surface area contributed by atoms with Crippen LogP contribution in [-0.4, -0.2) is 39.8 Å². The Morgan fingerprint density at radius 1 is 1.47 bits per heavy atom. The normalized spacial score (nSPS) is 11.2. The average Bonchev–Trinajstić information content (AvgIpc) is 2.27. The molecule has 0 radical (unpaired) electrons. The van der Waals surface area contributed by atoms with E-state index in [0.717, 1.165) is 0 Å². The van der Waals surface area contributed by atoms with Crippen LogP contribution in [0.4, 0.5) is 5.82 Å². The molecule has 1 aromatic rings. The zero-order valence-corrected chi connectivity index (χ0v) is 10.2. The van der Waals surface area contributed by atoms with Gasteiger partial charge in [-0.3, -0.25) is 0 Å². The van der Waals surface area contributed by atoms with E-state index < -0.39 is 5.97 Å². The van der Waals surface area contributed by atoms with Crippen LogP contribution in [0.25, 0.3) is 0 Å². The molecule has 0 aromatic carbocycles. The quantitative estimate of drug-likeness (QED) is 0.780. The van der Waals surface area contributed by atoms with Crippen LogP contribution in [0.5, 0.6) is 0 Å². The van der Waals surface area contributed by atoms with Gasteiger partial charge < -0.3 is 15.2 Å². The second-order valence-corrected chi connectivity index (χ2v) is 4.10. The molecular weight excluding hydrogens is 222 g/mol. The standard InChI is InChI=1S/C11H17N3O3/c1-4-17-11(2,3)7-14-9-8(10(15)16)12-5-6-13-9/h5-6H,4,7H2,1-3H3,(H,13,14)(H,15,16). The number of carboxylic acid groups (broad SMARTS) is 1. The maximum Gasteiger partial charge on any atom is 0.358 e. The summed E-state index contributed by atoms with van der Waals surface area (Å²) in [6.45, 7) is 6.80. The van der Waals surface area contributed by atoms with E-state index in [4.69, 9.17) is 9.84 Å². The molecule has 0 atom stereocenters. The second-order valence-electron chi connectivity index (χ2n) is 4.10. The van der Waals surface area contributed by atoms with Gasteiger partial charge in [-0.1, -0.05) is 0 Å². The molecule has 0 amide bonds. The Labute approximate surface area is 100 Å². The molecule has 0 saturated carbocycles. The molecule has 1 aromatic heterocycles. The summed E-state index contributed by atoms with van der Waals surface area (Å²) in [4.78, 5) is 18.6. The van der Waals surface area contributed by atoms with Crippen molar-refractivity contribution in [3.05, 3.63) is 18.1 Å². The lowest BCUT2D eigenvalue weighted by Crippen LogP contribution is -2.34. The van der Waals surface area contributed by atoms with Crippen molar-refractivity contribution in [1.29, 1.82) is 0 Å². The smallest absolute Gasteiger partial charge is 0.358 e. The van der Waals surface area contributed by atoms with Crippen molar-refractivity contribution >= 4 is 11.8 Å². The van der Waals surface area contributed by atoms with Crippen LogP contribution in [0.1, 0.15) is 31.3 Å². The Morgan fingerprint density at radius 3 is 2.71 bits per heavy atom. The number of rotatable bonds is 6. The number of ether oxygens (including phenoxy) is 1. The molecule has 0 spiro atoms. The third-order valence-corrected chi connectivity index (χ3v) is 2.12. The zero-order valence-electron chi connectivity index (χ0n) is 10.2. The van der Waals surface area contributed by atoms with Gasteiger partial charge in [-0.25, -0.2) is 14.8 Å². The maximum absolute atomic E-state index is 10.9. The van der Waals surface area contributed by atoms with Gasteiger partial charge in [-0.2, -0.15) is 0 Å². The molecule has 2 N–H and O–H groups in total. The number of aromatic nitrogens is 2. The summed E-state index contributed by atoms with van der Waals surface area (Å²) < 4.78 is 5.49. The molecule has 6 nitrogen and oxygen atoms in total. The van der Waals surface area contributed by atoms with E-state index in [1.807, 2.05) is 20.8 Å². The molecular formula is C11H17N3O3. The summed E-state index contributed by atoms with van der Waals surface area (Å²) in [6, 6.07) is 0. The minimum Gasteiger partial charge on any atom is -0.476 e. The maximum atomic E-state index is 10.9. The fourth-order valence-electron chi connectivity index (χ4n) is 1.36. The largest absolute Gasteiger partial charge is 0.476 e. The van der Waals surface area contributed by atoms with Gasteiger partial charge in [0.05, 0.1) is 5.60 Å². The molecule has 17 heavy (non-hydrogen) atoms. The molecule has 0 unspecified atom stereocenters. The van der Waals surface area contributed by atoms with Crippen LogP contribution in [-0.2, 0) is 4.74 Å². The van der Waals surface area contributed by atoms with Gasteiger partial charge in [0.1, 0.15) is 0 Å². The highest BCUT2D eigenvalue weighted by molar-refractivity contribution is 5.90. The predicted octanol–water partition coefficient (Wildman–Crippen LogP) is 1.40. The minimum absolute atomic E-state index is 0.0835. The van der Waals surface area contributed by atoms with Crippen LogP contribution >= 0.6 is 0 Å². The average molecular weight is 239 g/mol. The van der Waals surface area contributed by atoms with Crippen LogP contribution < -0.4 is 5.32 Å². The van der Waals surface area contributed by atoms with Crippen molar-refractivity contribution in [3.63, 3.8) is 0 Å². The molecule has 0 aliphatic carbocycles. The zero-order chi connectivity index (χ0) is 12.9. The summed E-state index contributed by atoms with van der Waals surface area (Å²) in [7, 11) is 0.